The zero-order chi connectivity index (χ0) is 14.7. The van der Waals surface area contributed by atoms with E-state index in [9.17, 15) is 0 Å². The number of nitrogen functional groups attached to an aromatic ring is 1. The molecule has 0 aromatic heterocycles. The van der Waals surface area contributed by atoms with Crippen molar-refractivity contribution in [3.63, 3.8) is 0 Å². The van der Waals surface area contributed by atoms with Crippen molar-refractivity contribution >= 4 is 5.69 Å². The molecule has 0 amide bonds. The smallest absolute Gasteiger partial charge is 0.123 e. The van der Waals surface area contributed by atoms with Crippen LogP contribution in [0.25, 0.3) is 0 Å². The van der Waals surface area contributed by atoms with E-state index in [-0.39, 0.29) is 11.7 Å². The van der Waals surface area contributed by atoms with Gasteiger partial charge in [-0.2, -0.15) is 0 Å². The molecule has 1 aliphatic heterocycles. The Labute approximate surface area is 127 Å². The number of rotatable bonds is 5. The summed E-state index contributed by atoms with van der Waals surface area (Å²) in [5, 5.41) is 0. The average molecular weight is 287 g/mol. The molecule has 0 radical (unpaired) electrons. The van der Waals surface area contributed by atoms with Crippen LogP contribution in [0, 0.1) is 0 Å². The molecule has 1 saturated carbocycles. The fraction of sp³-hybridized carbons (Fsp3) is 0.556. The van der Waals surface area contributed by atoms with E-state index in [1.54, 1.807) is 0 Å². The van der Waals surface area contributed by atoms with E-state index in [0.29, 0.717) is 6.61 Å². The summed E-state index contributed by atoms with van der Waals surface area (Å²) in [6.07, 6.45) is 10.3. The number of ether oxygens (including phenoxy) is 2. The van der Waals surface area contributed by atoms with E-state index < -0.39 is 0 Å². The lowest BCUT2D eigenvalue weighted by Crippen LogP contribution is -2.27. The molecule has 2 fully saturated rings. The van der Waals surface area contributed by atoms with E-state index in [1.807, 2.05) is 24.3 Å². The largest absolute Gasteiger partial charge is 0.491 e. The maximum Gasteiger partial charge on any atom is 0.123 e. The summed E-state index contributed by atoms with van der Waals surface area (Å²) < 4.78 is 12.3. The lowest BCUT2D eigenvalue weighted by atomic mass is 9.98. The molecule has 2 aliphatic rings. The summed E-state index contributed by atoms with van der Waals surface area (Å²) in [5.74, 6) is 0.903. The maximum atomic E-state index is 6.29. The van der Waals surface area contributed by atoms with Gasteiger partial charge < -0.3 is 15.2 Å². The second kappa shape index (κ2) is 6.10. The van der Waals surface area contributed by atoms with Gasteiger partial charge in [-0.25, -0.2) is 0 Å². The topological polar surface area (TPSA) is 44.5 Å². The van der Waals surface area contributed by atoms with Crippen LogP contribution in [0.3, 0.4) is 0 Å². The van der Waals surface area contributed by atoms with Crippen molar-refractivity contribution < 1.29 is 9.47 Å². The Morgan fingerprint density at radius 1 is 1.33 bits per heavy atom. The lowest BCUT2D eigenvalue weighted by molar-refractivity contribution is -0.0509. The third-order valence-corrected chi connectivity index (χ3v) is 4.73. The van der Waals surface area contributed by atoms with Crippen LogP contribution < -0.4 is 10.5 Å². The Balaban J connectivity index is 1.59. The Hall–Kier alpha value is -1.48. The monoisotopic (exact) mass is 287 g/mol. The van der Waals surface area contributed by atoms with Crippen LogP contribution in [0.5, 0.6) is 5.75 Å². The highest BCUT2D eigenvalue weighted by molar-refractivity contribution is 5.48. The van der Waals surface area contributed by atoms with Gasteiger partial charge in [0.1, 0.15) is 12.4 Å². The van der Waals surface area contributed by atoms with Gasteiger partial charge in [-0.3, -0.25) is 0 Å². The van der Waals surface area contributed by atoms with Crippen LogP contribution in [0.15, 0.2) is 30.9 Å². The van der Waals surface area contributed by atoms with Crippen LogP contribution >= 0.6 is 0 Å². The van der Waals surface area contributed by atoms with Gasteiger partial charge in [0.25, 0.3) is 0 Å². The van der Waals surface area contributed by atoms with Crippen LogP contribution in [0.1, 0.15) is 44.1 Å². The third kappa shape index (κ3) is 3.24. The predicted octanol–water partition coefficient (Wildman–Crippen LogP) is 3.87. The Morgan fingerprint density at radius 3 is 2.90 bits per heavy atom. The molecule has 3 heteroatoms. The first-order chi connectivity index (χ1) is 10.2. The summed E-state index contributed by atoms with van der Waals surface area (Å²) in [6, 6.07) is 5.80. The molecule has 114 valence electrons. The van der Waals surface area contributed by atoms with Gasteiger partial charge in [-0.15, -0.1) is 6.58 Å². The van der Waals surface area contributed by atoms with E-state index in [1.165, 1.54) is 32.1 Å². The highest BCUT2D eigenvalue weighted by Crippen LogP contribution is 2.43. The van der Waals surface area contributed by atoms with Gasteiger partial charge in [0, 0.05) is 5.69 Å². The number of allylic oxidation sites excluding steroid dienone is 1. The highest BCUT2D eigenvalue weighted by atomic mass is 16.6. The molecule has 0 bridgehead atoms. The number of nitrogens with two attached hydrogens (primary N) is 1. The first-order valence-corrected chi connectivity index (χ1v) is 8.01. The van der Waals surface area contributed by atoms with Gasteiger partial charge in [0.15, 0.2) is 0 Å². The van der Waals surface area contributed by atoms with E-state index in [4.69, 9.17) is 15.2 Å². The molecule has 1 spiro atoms. The fourth-order valence-electron chi connectivity index (χ4n) is 3.64. The van der Waals surface area contributed by atoms with Crippen LogP contribution in [-0.4, -0.2) is 18.3 Å². The van der Waals surface area contributed by atoms with Gasteiger partial charge >= 0.3 is 0 Å². The Kier molecular flexibility index (Phi) is 4.20. The molecule has 1 saturated heterocycles. The highest BCUT2D eigenvalue weighted by Gasteiger charge is 2.42. The standard InChI is InChI=1S/C18H25NO2/c1-2-5-14-12-15(19)6-7-17(14)20-13-16-8-11-18(21-16)9-3-4-10-18/h2,6-7,12,16H,1,3-5,8-11,13,19H2. The Bertz CT molecular complexity index is 506. The van der Waals surface area contributed by atoms with Crippen molar-refractivity contribution in [2.45, 2.75) is 56.7 Å². The minimum Gasteiger partial charge on any atom is -0.491 e. The minimum atomic E-state index is 0.180. The molecular formula is C18H25NO2. The van der Waals surface area contributed by atoms with Gasteiger partial charge in [-0.1, -0.05) is 18.9 Å². The summed E-state index contributed by atoms with van der Waals surface area (Å²) >= 11 is 0. The second-order valence-electron chi connectivity index (χ2n) is 6.34. The number of anilines is 1. The molecule has 21 heavy (non-hydrogen) atoms. The molecule has 1 heterocycles. The quantitative estimate of drug-likeness (QED) is 0.660. The average Bonchev–Trinajstić information content (AvgIpc) is 3.09. The summed E-state index contributed by atoms with van der Waals surface area (Å²) in [7, 11) is 0. The zero-order valence-electron chi connectivity index (χ0n) is 12.6. The van der Waals surface area contributed by atoms with Crippen LogP contribution in [0.4, 0.5) is 5.69 Å². The van der Waals surface area contributed by atoms with Crippen LogP contribution in [-0.2, 0) is 11.2 Å². The normalized spacial score (nSPS) is 23.5. The van der Waals surface area contributed by atoms with Crippen molar-refractivity contribution in [1.82, 2.24) is 0 Å². The van der Waals surface area contributed by atoms with Crippen LogP contribution in [0.2, 0.25) is 0 Å². The molecule has 1 aliphatic carbocycles. The lowest BCUT2D eigenvalue weighted by Gasteiger charge is -2.24. The molecule has 1 aromatic rings. The van der Waals surface area contributed by atoms with Crippen molar-refractivity contribution in [2.75, 3.05) is 12.3 Å². The summed E-state index contributed by atoms with van der Waals surface area (Å²) in [5.41, 5.74) is 7.88. The van der Waals surface area contributed by atoms with Gasteiger partial charge in [-0.05, 0) is 55.9 Å². The fourth-order valence-corrected chi connectivity index (χ4v) is 3.64. The second-order valence-corrected chi connectivity index (χ2v) is 6.34. The number of hydrogen-bond acceptors (Lipinski definition) is 3. The molecule has 1 unspecified atom stereocenters. The van der Waals surface area contributed by atoms with Gasteiger partial charge in [0.2, 0.25) is 0 Å². The third-order valence-electron chi connectivity index (χ3n) is 4.73. The molecule has 3 rings (SSSR count). The minimum absolute atomic E-state index is 0.180. The van der Waals surface area contributed by atoms with Crippen molar-refractivity contribution in [3.05, 3.63) is 36.4 Å². The molecule has 2 N–H and O–H groups in total. The molecular weight excluding hydrogens is 262 g/mol. The maximum absolute atomic E-state index is 6.29. The SMILES string of the molecule is C=CCc1cc(N)ccc1OCC1CCC2(CCCC2)O1. The first-order valence-electron chi connectivity index (χ1n) is 8.01. The zero-order valence-corrected chi connectivity index (χ0v) is 12.6. The predicted molar refractivity (Wildman–Crippen MR) is 85.6 cm³/mol. The number of benzene rings is 1. The first kappa shape index (κ1) is 14.5. The number of hydrogen-bond donors (Lipinski definition) is 1. The van der Waals surface area contributed by atoms with E-state index in [2.05, 4.69) is 6.58 Å². The summed E-state index contributed by atoms with van der Waals surface area (Å²) in [6.45, 7) is 4.43. The van der Waals surface area contributed by atoms with Crippen molar-refractivity contribution in [1.29, 1.82) is 0 Å². The summed E-state index contributed by atoms with van der Waals surface area (Å²) in [4.78, 5) is 0. The van der Waals surface area contributed by atoms with E-state index in [0.717, 1.165) is 29.8 Å². The van der Waals surface area contributed by atoms with Gasteiger partial charge in [0.05, 0.1) is 11.7 Å². The molecule has 1 atom stereocenters. The van der Waals surface area contributed by atoms with E-state index >= 15 is 0 Å². The molecule has 3 nitrogen and oxygen atoms in total. The van der Waals surface area contributed by atoms with Crippen molar-refractivity contribution in [3.8, 4) is 5.75 Å². The Morgan fingerprint density at radius 2 is 2.14 bits per heavy atom. The van der Waals surface area contributed by atoms with Crippen molar-refractivity contribution in [2.24, 2.45) is 0 Å². The molecule has 1 aromatic carbocycles.